The summed E-state index contributed by atoms with van der Waals surface area (Å²) in [5.41, 5.74) is 0.945. The largest absolute Gasteiger partial charge is 0.481 e. The quantitative estimate of drug-likeness (QED) is 0.531. The van der Waals surface area contributed by atoms with Gasteiger partial charge in [0.05, 0.1) is 5.69 Å². The highest BCUT2D eigenvalue weighted by molar-refractivity contribution is 7.98. The number of carboxylic acid groups (broad SMARTS) is 1. The van der Waals surface area contributed by atoms with Gasteiger partial charge < -0.3 is 19.5 Å². The third kappa shape index (κ3) is 6.49. The van der Waals surface area contributed by atoms with E-state index in [0.717, 1.165) is 67.6 Å². The highest BCUT2D eigenvalue weighted by Gasteiger charge is 2.23. The second-order valence-corrected chi connectivity index (χ2v) is 7.89. The molecule has 154 valence electrons. The van der Waals surface area contributed by atoms with Crippen LogP contribution in [0.5, 0.6) is 0 Å². The number of carboxylic acids is 1. The average molecular weight is 408 g/mol. The summed E-state index contributed by atoms with van der Waals surface area (Å²) in [4.78, 5) is 9.00. The van der Waals surface area contributed by atoms with Gasteiger partial charge in [0.2, 0.25) is 0 Å². The highest BCUT2D eigenvalue weighted by Crippen LogP contribution is 2.29. The molecule has 3 heterocycles. The molecule has 0 unspecified atom stereocenters. The Bertz CT molecular complexity index is 761. The molecular formula is C19H29N5O3S. The Hall–Kier alpha value is -2.13. The lowest BCUT2D eigenvalue weighted by Gasteiger charge is -2.22. The van der Waals surface area contributed by atoms with Crippen LogP contribution in [0, 0.1) is 0 Å². The molecule has 3 rings (SSSR count). The van der Waals surface area contributed by atoms with Gasteiger partial charge in [0.25, 0.3) is 5.97 Å². The van der Waals surface area contributed by atoms with E-state index < -0.39 is 5.97 Å². The lowest BCUT2D eigenvalue weighted by Crippen LogP contribution is -2.28. The van der Waals surface area contributed by atoms with Gasteiger partial charge in [0.15, 0.2) is 5.16 Å². The van der Waals surface area contributed by atoms with Crippen LogP contribution >= 0.6 is 11.8 Å². The van der Waals surface area contributed by atoms with Crippen molar-refractivity contribution in [1.82, 2.24) is 25.2 Å². The normalized spacial score (nSPS) is 14.6. The molecule has 28 heavy (non-hydrogen) atoms. The average Bonchev–Trinajstić information content (AvgIpc) is 3.28. The van der Waals surface area contributed by atoms with Crippen LogP contribution in [0.3, 0.4) is 0 Å². The third-order valence-corrected chi connectivity index (χ3v) is 5.26. The predicted octanol–water partition coefficient (Wildman–Crippen LogP) is 3.43. The van der Waals surface area contributed by atoms with Crippen LogP contribution in [0.15, 0.2) is 28.4 Å². The maximum Gasteiger partial charge on any atom is 0.300 e. The molecule has 0 atom stereocenters. The van der Waals surface area contributed by atoms with Crippen molar-refractivity contribution in [3.63, 3.8) is 0 Å². The maximum absolute atomic E-state index is 9.00. The van der Waals surface area contributed by atoms with Crippen LogP contribution in [0.25, 0.3) is 0 Å². The molecule has 2 aromatic heterocycles. The Morgan fingerprint density at radius 3 is 2.71 bits per heavy atom. The molecule has 0 aromatic carbocycles. The first kappa shape index (κ1) is 22.2. The molecule has 9 heteroatoms. The Kier molecular flexibility index (Phi) is 8.72. The van der Waals surface area contributed by atoms with E-state index in [2.05, 4.69) is 45.7 Å². The Morgan fingerprint density at radius 1 is 1.46 bits per heavy atom. The van der Waals surface area contributed by atoms with Gasteiger partial charge in [-0.1, -0.05) is 36.8 Å². The summed E-state index contributed by atoms with van der Waals surface area (Å²) in [5.74, 6) is 2.74. The lowest BCUT2D eigenvalue weighted by atomic mass is 9.97. The summed E-state index contributed by atoms with van der Waals surface area (Å²) in [7, 11) is 0. The first-order chi connectivity index (χ1) is 13.4. The number of aliphatic carboxylic acids is 1. The molecule has 1 saturated heterocycles. The molecule has 0 radical (unpaired) electrons. The van der Waals surface area contributed by atoms with Crippen molar-refractivity contribution >= 4 is 17.7 Å². The number of piperidine rings is 1. The van der Waals surface area contributed by atoms with E-state index in [1.807, 2.05) is 12.1 Å². The Balaban J connectivity index is 0.000000640. The van der Waals surface area contributed by atoms with Crippen molar-refractivity contribution in [1.29, 1.82) is 0 Å². The minimum atomic E-state index is -0.833. The van der Waals surface area contributed by atoms with Gasteiger partial charge in [0, 0.05) is 37.1 Å². The smallest absolute Gasteiger partial charge is 0.300 e. The van der Waals surface area contributed by atoms with Crippen molar-refractivity contribution in [3.8, 4) is 0 Å². The summed E-state index contributed by atoms with van der Waals surface area (Å²) >= 11 is 1.65. The third-order valence-electron chi connectivity index (χ3n) is 4.26. The second-order valence-electron chi connectivity index (χ2n) is 6.95. The van der Waals surface area contributed by atoms with Gasteiger partial charge in [0.1, 0.15) is 11.6 Å². The fraction of sp³-hybridized carbons (Fsp3) is 0.579. The number of allylic oxidation sites excluding steroid dienone is 1. The molecule has 1 fully saturated rings. The number of nitrogens with one attached hydrogen (secondary N) is 1. The molecule has 0 amide bonds. The topological polar surface area (TPSA) is 106 Å². The van der Waals surface area contributed by atoms with Gasteiger partial charge in [-0.15, -0.1) is 16.8 Å². The number of thioether (sulfide) groups is 1. The van der Waals surface area contributed by atoms with Gasteiger partial charge in [-0.25, -0.2) is 0 Å². The van der Waals surface area contributed by atoms with Crippen molar-refractivity contribution in [3.05, 3.63) is 36.0 Å². The van der Waals surface area contributed by atoms with E-state index in [1.54, 1.807) is 11.8 Å². The van der Waals surface area contributed by atoms with Crippen molar-refractivity contribution in [2.24, 2.45) is 0 Å². The van der Waals surface area contributed by atoms with Gasteiger partial charge in [-0.2, -0.15) is 0 Å². The van der Waals surface area contributed by atoms with Crippen LogP contribution in [0.1, 0.15) is 62.7 Å². The van der Waals surface area contributed by atoms with Crippen molar-refractivity contribution < 1.29 is 14.4 Å². The summed E-state index contributed by atoms with van der Waals surface area (Å²) < 4.78 is 7.55. The fourth-order valence-electron chi connectivity index (χ4n) is 2.90. The highest BCUT2D eigenvalue weighted by atomic mass is 32.2. The number of carbonyl (C=O) groups is 1. The monoisotopic (exact) mass is 407 g/mol. The van der Waals surface area contributed by atoms with Crippen molar-refractivity contribution in [2.45, 2.75) is 62.9 Å². The summed E-state index contributed by atoms with van der Waals surface area (Å²) in [6.45, 7) is 12.0. The van der Waals surface area contributed by atoms with Gasteiger partial charge in [-0.3, -0.25) is 4.79 Å². The van der Waals surface area contributed by atoms with Crippen LogP contribution in [-0.2, 0) is 17.1 Å². The molecule has 0 saturated carbocycles. The molecule has 2 aromatic rings. The van der Waals surface area contributed by atoms with Crippen LogP contribution < -0.4 is 5.32 Å². The summed E-state index contributed by atoms with van der Waals surface area (Å²) in [6.07, 6.45) is 4.13. The number of aromatic nitrogens is 4. The standard InChI is InChI=1S/C17H25N5OS.C2H4O2/c1-4-9-22-16(13-5-7-18-8-6-13)19-20-17(22)24-11-14-10-15(12(2)3)23-21-14;1-2(3)4/h4,10,12-13,18H,1,5-9,11H2,2-3H3;1H3,(H,3,4). The zero-order valence-electron chi connectivity index (χ0n) is 16.7. The molecular weight excluding hydrogens is 378 g/mol. The summed E-state index contributed by atoms with van der Waals surface area (Å²) in [6, 6.07) is 2.03. The zero-order chi connectivity index (χ0) is 20.5. The summed E-state index contributed by atoms with van der Waals surface area (Å²) in [5, 5.41) is 24.8. The molecule has 0 spiro atoms. The van der Waals surface area contributed by atoms with Crippen molar-refractivity contribution in [2.75, 3.05) is 13.1 Å². The zero-order valence-corrected chi connectivity index (χ0v) is 17.5. The second kappa shape index (κ2) is 11.0. The van der Waals surface area contributed by atoms with Gasteiger partial charge >= 0.3 is 0 Å². The first-order valence-electron chi connectivity index (χ1n) is 9.44. The molecule has 2 N–H and O–H groups in total. The maximum atomic E-state index is 9.00. The van der Waals surface area contributed by atoms with E-state index in [4.69, 9.17) is 14.4 Å². The number of nitrogens with zero attached hydrogens (tertiary/aromatic N) is 4. The Labute approximate surface area is 169 Å². The van der Waals surface area contributed by atoms with E-state index >= 15 is 0 Å². The van der Waals surface area contributed by atoms with Crippen LogP contribution in [-0.4, -0.2) is 44.1 Å². The molecule has 1 aliphatic rings. The predicted molar refractivity (Wildman–Crippen MR) is 109 cm³/mol. The number of rotatable bonds is 7. The van der Waals surface area contributed by atoms with E-state index in [1.165, 1.54) is 0 Å². The van der Waals surface area contributed by atoms with E-state index in [0.29, 0.717) is 11.8 Å². The van der Waals surface area contributed by atoms with Crippen LogP contribution in [0.4, 0.5) is 0 Å². The Morgan fingerprint density at radius 2 is 2.14 bits per heavy atom. The number of hydrogen-bond donors (Lipinski definition) is 2. The molecule has 0 bridgehead atoms. The SMILES string of the molecule is C=CCn1c(SCc2cc(C(C)C)on2)nnc1C1CCNCC1.CC(=O)O. The van der Waals surface area contributed by atoms with E-state index in [-0.39, 0.29) is 0 Å². The minimum absolute atomic E-state index is 0.354. The molecule has 8 nitrogen and oxygen atoms in total. The lowest BCUT2D eigenvalue weighted by molar-refractivity contribution is -0.134. The first-order valence-corrected chi connectivity index (χ1v) is 10.4. The minimum Gasteiger partial charge on any atom is -0.481 e. The molecule has 0 aliphatic carbocycles. The van der Waals surface area contributed by atoms with Gasteiger partial charge in [-0.05, 0) is 25.9 Å². The van der Waals surface area contributed by atoms with E-state index in [9.17, 15) is 0 Å². The molecule has 1 aliphatic heterocycles. The number of hydrogen-bond acceptors (Lipinski definition) is 7. The fourth-order valence-corrected chi connectivity index (χ4v) is 3.73. The van der Waals surface area contributed by atoms with Crippen LogP contribution in [0.2, 0.25) is 0 Å².